The number of aromatic nitrogens is 6. The third-order valence-electron chi connectivity index (χ3n) is 7.25. The maximum atomic E-state index is 13.1. The Balaban J connectivity index is 1.30. The van der Waals surface area contributed by atoms with E-state index in [9.17, 15) is 9.59 Å². The molecule has 0 radical (unpaired) electrons. The first kappa shape index (κ1) is 21.7. The molecule has 1 saturated heterocycles. The number of hydrogen-bond donors (Lipinski definition) is 3. The topological polar surface area (TPSA) is 162 Å². The Morgan fingerprint density at radius 3 is 2.69 bits per heavy atom. The number of nitrogens with two attached hydrogens (primary N) is 2. The smallest absolute Gasteiger partial charge is 0.334 e. The van der Waals surface area contributed by atoms with E-state index in [1.807, 2.05) is 12.3 Å². The number of pyridine rings is 2. The van der Waals surface area contributed by atoms with Crippen molar-refractivity contribution in [3.8, 4) is 5.69 Å². The van der Waals surface area contributed by atoms with Gasteiger partial charge in [-0.05, 0) is 42.4 Å². The summed E-state index contributed by atoms with van der Waals surface area (Å²) in [5.41, 5.74) is 13.5. The van der Waals surface area contributed by atoms with E-state index < -0.39 is 11.2 Å². The number of fused-ring (bicyclic) bond motifs is 2. The van der Waals surface area contributed by atoms with E-state index in [0.717, 1.165) is 48.2 Å². The SMILES string of the molecule is Nc1nccc(-n2c(=O)[nH]c3nc(N4CCC5(CC4)Cc4ncccc4[C@H]5N)cnc3c2=O)c1Cl. The second-order valence-electron chi connectivity index (χ2n) is 9.07. The zero-order chi connectivity index (χ0) is 24.3. The molecule has 0 unspecified atom stereocenters. The number of hydrogen-bond acceptors (Lipinski definition) is 9. The normalized spacial score (nSPS) is 18.8. The quantitative estimate of drug-likeness (QED) is 0.375. The predicted molar refractivity (Wildman–Crippen MR) is 132 cm³/mol. The highest BCUT2D eigenvalue weighted by Gasteiger charge is 2.46. The molecule has 1 spiro atoms. The Morgan fingerprint density at radius 2 is 1.91 bits per heavy atom. The molecule has 35 heavy (non-hydrogen) atoms. The van der Waals surface area contributed by atoms with Gasteiger partial charge in [0.1, 0.15) is 16.7 Å². The van der Waals surface area contributed by atoms with Crippen LogP contribution < -0.4 is 27.6 Å². The van der Waals surface area contributed by atoms with Crippen LogP contribution in [0.4, 0.5) is 11.6 Å². The molecule has 0 bridgehead atoms. The lowest BCUT2D eigenvalue weighted by Gasteiger charge is -2.42. The van der Waals surface area contributed by atoms with E-state index in [0.29, 0.717) is 5.82 Å². The molecule has 5 heterocycles. The van der Waals surface area contributed by atoms with Crippen LogP contribution in [0, 0.1) is 5.41 Å². The van der Waals surface area contributed by atoms with Crippen LogP contribution in [0.15, 0.2) is 46.4 Å². The second-order valence-corrected chi connectivity index (χ2v) is 9.45. The van der Waals surface area contributed by atoms with Crippen LogP contribution in [0.3, 0.4) is 0 Å². The van der Waals surface area contributed by atoms with Crippen molar-refractivity contribution >= 4 is 34.4 Å². The standard InChI is InChI=1S/C23H22ClN9O2/c24-16-14(3-7-28-19(16)26)33-21(34)17-20(31-22(33)35)30-15(11-29-17)32-8-4-23(5-9-32)10-13-12(18(23)25)2-1-6-27-13/h1-3,6-7,11,18H,4-5,8-10,25H2,(H2,26,28)(H,30,31,35)/t18-/m1/s1. The van der Waals surface area contributed by atoms with Crippen molar-refractivity contribution in [1.82, 2.24) is 29.5 Å². The van der Waals surface area contributed by atoms with Gasteiger partial charge in [0.05, 0.1) is 11.9 Å². The molecule has 11 nitrogen and oxygen atoms in total. The summed E-state index contributed by atoms with van der Waals surface area (Å²) in [4.78, 5) is 47.9. The monoisotopic (exact) mass is 491 g/mol. The maximum Gasteiger partial charge on any atom is 0.334 e. The third kappa shape index (κ3) is 3.30. The lowest BCUT2D eigenvalue weighted by Crippen LogP contribution is -2.44. The van der Waals surface area contributed by atoms with Gasteiger partial charge in [-0.25, -0.2) is 24.3 Å². The van der Waals surface area contributed by atoms with Crippen molar-refractivity contribution in [1.29, 1.82) is 0 Å². The molecule has 0 aromatic carbocycles. The summed E-state index contributed by atoms with van der Waals surface area (Å²) >= 11 is 6.19. The molecular formula is C23H22ClN9O2. The van der Waals surface area contributed by atoms with E-state index in [2.05, 4.69) is 35.9 Å². The first-order valence-corrected chi connectivity index (χ1v) is 11.6. The molecule has 1 aliphatic carbocycles. The molecule has 0 amide bonds. The van der Waals surface area contributed by atoms with Crippen molar-refractivity contribution in [2.24, 2.45) is 11.1 Å². The fourth-order valence-electron chi connectivity index (χ4n) is 5.30. The highest BCUT2D eigenvalue weighted by atomic mass is 35.5. The van der Waals surface area contributed by atoms with Gasteiger partial charge in [-0.15, -0.1) is 0 Å². The summed E-state index contributed by atoms with van der Waals surface area (Å²) in [5.74, 6) is 0.606. The highest BCUT2D eigenvalue weighted by molar-refractivity contribution is 6.34. The van der Waals surface area contributed by atoms with E-state index in [4.69, 9.17) is 23.1 Å². The molecule has 4 aromatic rings. The molecule has 178 valence electrons. The fraction of sp³-hybridized carbons (Fsp3) is 0.304. The minimum absolute atomic E-state index is 0.00810. The van der Waals surface area contributed by atoms with Crippen LogP contribution in [-0.2, 0) is 6.42 Å². The third-order valence-corrected chi connectivity index (χ3v) is 7.64. The average molecular weight is 492 g/mol. The molecule has 0 saturated carbocycles. The molecule has 1 aliphatic heterocycles. The Hall–Kier alpha value is -3.83. The first-order valence-electron chi connectivity index (χ1n) is 11.2. The van der Waals surface area contributed by atoms with Gasteiger partial charge in [-0.1, -0.05) is 17.7 Å². The maximum absolute atomic E-state index is 13.1. The predicted octanol–water partition coefficient (Wildman–Crippen LogP) is 1.34. The van der Waals surface area contributed by atoms with E-state index in [1.54, 1.807) is 6.20 Å². The van der Waals surface area contributed by atoms with Gasteiger partial charge in [-0.3, -0.25) is 14.8 Å². The number of nitrogens with zero attached hydrogens (tertiary/aromatic N) is 6. The Labute approximate surface area is 203 Å². The molecule has 4 aromatic heterocycles. The lowest BCUT2D eigenvalue weighted by molar-refractivity contribution is 0.186. The number of nitrogens with one attached hydrogen (secondary N) is 1. The van der Waals surface area contributed by atoms with E-state index in [1.165, 1.54) is 12.3 Å². The number of rotatable bonds is 2. The molecule has 2 aliphatic rings. The van der Waals surface area contributed by atoms with Crippen molar-refractivity contribution < 1.29 is 0 Å². The zero-order valence-corrected chi connectivity index (χ0v) is 19.4. The van der Waals surface area contributed by atoms with E-state index in [-0.39, 0.29) is 39.1 Å². The summed E-state index contributed by atoms with van der Waals surface area (Å²) in [6.45, 7) is 1.46. The first-order chi connectivity index (χ1) is 16.9. The average Bonchev–Trinajstić information content (AvgIpc) is 3.13. The van der Waals surface area contributed by atoms with Crippen molar-refractivity contribution in [2.75, 3.05) is 23.7 Å². The van der Waals surface area contributed by atoms with E-state index >= 15 is 0 Å². The van der Waals surface area contributed by atoms with Gasteiger partial charge in [0.2, 0.25) is 0 Å². The van der Waals surface area contributed by atoms with Gasteiger partial charge < -0.3 is 16.4 Å². The lowest BCUT2D eigenvalue weighted by atomic mass is 9.73. The summed E-state index contributed by atoms with van der Waals surface area (Å²) in [6.07, 6.45) is 7.37. The molecular weight excluding hydrogens is 470 g/mol. The number of piperidine rings is 1. The van der Waals surface area contributed by atoms with Crippen LogP contribution in [0.2, 0.25) is 5.02 Å². The number of nitrogen functional groups attached to an aromatic ring is 1. The van der Waals surface area contributed by atoms with Crippen LogP contribution >= 0.6 is 11.6 Å². The van der Waals surface area contributed by atoms with Crippen molar-refractivity contribution in [3.05, 3.63) is 73.9 Å². The molecule has 5 N–H and O–H groups in total. The fourth-order valence-corrected chi connectivity index (χ4v) is 5.49. The van der Waals surface area contributed by atoms with Crippen LogP contribution in [0.25, 0.3) is 16.9 Å². The summed E-state index contributed by atoms with van der Waals surface area (Å²) in [5, 5.41) is 0.00810. The molecule has 1 atom stereocenters. The molecule has 6 rings (SSSR count). The van der Waals surface area contributed by atoms with Gasteiger partial charge in [0.25, 0.3) is 5.56 Å². The Morgan fingerprint density at radius 1 is 1.11 bits per heavy atom. The highest BCUT2D eigenvalue weighted by Crippen LogP contribution is 2.50. The van der Waals surface area contributed by atoms with Crippen molar-refractivity contribution in [3.63, 3.8) is 0 Å². The number of anilines is 2. The molecule has 12 heteroatoms. The number of halogens is 1. The van der Waals surface area contributed by atoms with Gasteiger partial charge in [0.15, 0.2) is 11.2 Å². The Kier molecular flexibility index (Phi) is 4.87. The minimum atomic E-state index is -0.693. The van der Waals surface area contributed by atoms with Gasteiger partial charge in [-0.2, -0.15) is 0 Å². The zero-order valence-electron chi connectivity index (χ0n) is 18.6. The number of aromatic amines is 1. The molecule has 1 fully saturated rings. The van der Waals surface area contributed by atoms with Gasteiger partial charge >= 0.3 is 5.69 Å². The van der Waals surface area contributed by atoms with Gasteiger partial charge in [0, 0.05) is 37.2 Å². The second kappa shape index (κ2) is 7.85. The van der Waals surface area contributed by atoms with Crippen LogP contribution in [-0.4, -0.2) is 42.6 Å². The summed E-state index contributed by atoms with van der Waals surface area (Å²) in [6, 6.07) is 5.40. The van der Waals surface area contributed by atoms with Crippen molar-refractivity contribution in [2.45, 2.75) is 25.3 Å². The number of H-pyrrole nitrogens is 1. The largest absolute Gasteiger partial charge is 0.382 e. The van der Waals surface area contributed by atoms with Crippen LogP contribution in [0.5, 0.6) is 0 Å². The van der Waals surface area contributed by atoms with Crippen LogP contribution in [0.1, 0.15) is 30.1 Å². The minimum Gasteiger partial charge on any atom is -0.382 e. The summed E-state index contributed by atoms with van der Waals surface area (Å²) in [7, 11) is 0. The summed E-state index contributed by atoms with van der Waals surface area (Å²) < 4.78 is 0.884. The Bertz CT molecular complexity index is 1590.